The minimum absolute atomic E-state index is 0.458. The lowest BCUT2D eigenvalue weighted by Gasteiger charge is -2.60. The second kappa shape index (κ2) is 5.20. The zero-order chi connectivity index (χ0) is 16.4. The third-order valence-electron chi connectivity index (χ3n) is 9.08. The van der Waals surface area contributed by atoms with Crippen LogP contribution in [0.4, 0.5) is 0 Å². The lowest BCUT2D eigenvalue weighted by molar-refractivity contribution is -0.139. The van der Waals surface area contributed by atoms with E-state index in [4.69, 9.17) is 0 Å². The Labute approximate surface area is 142 Å². The molecule has 4 aliphatic carbocycles. The largest absolute Gasteiger partial charge is 0.300 e. The molecule has 1 unspecified atom stereocenters. The molecule has 4 fully saturated rings. The van der Waals surface area contributed by atoms with Gasteiger partial charge in [0, 0.05) is 12.8 Å². The van der Waals surface area contributed by atoms with Crippen LogP contribution in [0.1, 0.15) is 78.6 Å². The molecular weight excluding hydrogens is 280 g/mol. The van der Waals surface area contributed by atoms with Gasteiger partial charge >= 0.3 is 0 Å². The maximum atomic E-state index is 12.0. The molecule has 0 aliphatic heterocycles. The summed E-state index contributed by atoms with van der Waals surface area (Å²) in [5, 5.41) is 0. The maximum absolute atomic E-state index is 12.0. The Bertz CT molecular complexity index is 534. The first-order chi connectivity index (χ1) is 10.9. The van der Waals surface area contributed by atoms with E-state index in [-0.39, 0.29) is 0 Å². The Morgan fingerprint density at radius 3 is 2.48 bits per heavy atom. The molecule has 7 atom stereocenters. The molecule has 4 saturated carbocycles. The van der Waals surface area contributed by atoms with E-state index in [1.54, 1.807) is 0 Å². The zero-order valence-corrected chi connectivity index (χ0v) is 15.4. The van der Waals surface area contributed by atoms with Gasteiger partial charge in [-0.15, -0.1) is 0 Å². The van der Waals surface area contributed by atoms with Crippen molar-refractivity contribution in [3.63, 3.8) is 0 Å². The quantitative estimate of drug-likeness (QED) is 0.560. The standard InChI is InChI=1S/C22H34O/c1-14(2)18-7-8-19-17-6-5-15-13-16(23)9-11-21(15,3)20(17)10-12-22(18,19)4/h15,17-20H,1,5-13H2,2-4H3/t15-,17-,18+,19?,20-,21-,22+/m0/s1. The third-order valence-corrected chi connectivity index (χ3v) is 9.08. The summed E-state index contributed by atoms with van der Waals surface area (Å²) >= 11 is 0. The molecule has 0 spiro atoms. The first kappa shape index (κ1) is 15.9. The molecule has 0 aromatic rings. The zero-order valence-electron chi connectivity index (χ0n) is 15.4. The molecule has 1 heteroatoms. The average molecular weight is 315 g/mol. The topological polar surface area (TPSA) is 17.1 Å². The van der Waals surface area contributed by atoms with Gasteiger partial charge < -0.3 is 0 Å². The smallest absolute Gasteiger partial charge is 0.133 e. The number of allylic oxidation sites excluding steroid dienone is 1. The second-order valence-corrected chi connectivity index (χ2v) is 9.92. The van der Waals surface area contributed by atoms with Crippen LogP contribution in [-0.2, 0) is 4.79 Å². The maximum Gasteiger partial charge on any atom is 0.133 e. The number of hydrogen-bond donors (Lipinski definition) is 0. The summed E-state index contributed by atoms with van der Waals surface area (Å²) in [6, 6.07) is 0. The van der Waals surface area contributed by atoms with Crippen molar-refractivity contribution < 1.29 is 4.79 Å². The number of fused-ring (bicyclic) bond motifs is 5. The highest BCUT2D eigenvalue weighted by molar-refractivity contribution is 5.79. The second-order valence-electron chi connectivity index (χ2n) is 9.92. The highest BCUT2D eigenvalue weighted by Gasteiger charge is 2.60. The third kappa shape index (κ3) is 2.14. The monoisotopic (exact) mass is 314 g/mol. The molecular formula is C22H34O. The van der Waals surface area contributed by atoms with Crippen LogP contribution in [0.25, 0.3) is 0 Å². The number of rotatable bonds is 1. The van der Waals surface area contributed by atoms with Gasteiger partial charge in [-0.1, -0.05) is 26.0 Å². The van der Waals surface area contributed by atoms with E-state index in [0.29, 0.717) is 22.5 Å². The number of carbonyl (C=O) groups is 1. The summed E-state index contributed by atoms with van der Waals surface area (Å²) in [6.07, 6.45) is 11.2. The molecule has 4 rings (SSSR count). The van der Waals surface area contributed by atoms with Crippen molar-refractivity contribution in [3.05, 3.63) is 12.2 Å². The summed E-state index contributed by atoms with van der Waals surface area (Å²) in [7, 11) is 0. The van der Waals surface area contributed by atoms with Gasteiger partial charge in [0.25, 0.3) is 0 Å². The molecule has 0 radical (unpaired) electrons. The van der Waals surface area contributed by atoms with Crippen LogP contribution < -0.4 is 0 Å². The van der Waals surface area contributed by atoms with E-state index in [2.05, 4.69) is 27.4 Å². The van der Waals surface area contributed by atoms with Gasteiger partial charge in [-0.3, -0.25) is 4.79 Å². The van der Waals surface area contributed by atoms with Crippen molar-refractivity contribution in [1.29, 1.82) is 0 Å². The molecule has 0 saturated heterocycles. The molecule has 1 nitrogen and oxygen atoms in total. The highest BCUT2D eigenvalue weighted by Crippen LogP contribution is 2.67. The van der Waals surface area contributed by atoms with Gasteiger partial charge in [-0.25, -0.2) is 0 Å². The minimum Gasteiger partial charge on any atom is -0.300 e. The van der Waals surface area contributed by atoms with Crippen LogP contribution in [0.3, 0.4) is 0 Å². The number of ketones is 1. The van der Waals surface area contributed by atoms with Crippen LogP contribution in [0.5, 0.6) is 0 Å². The van der Waals surface area contributed by atoms with Crippen molar-refractivity contribution >= 4 is 5.78 Å². The Morgan fingerprint density at radius 1 is 1.00 bits per heavy atom. The normalized spacial score (nSPS) is 52.5. The Morgan fingerprint density at radius 2 is 1.74 bits per heavy atom. The predicted molar refractivity (Wildman–Crippen MR) is 95.0 cm³/mol. The van der Waals surface area contributed by atoms with Crippen molar-refractivity contribution in [3.8, 4) is 0 Å². The summed E-state index contributed by atoms with van der Waals surface area (Å²) in [5.41, 5.74) is 2.40. The first-order valence-corrected chi connectivity index (χ1v) is 10.0. The van der Waals surface area contributed by atoms with E-state index in [1.807, 2.05) is 0 Å². The first-order valence-electron chi connectivity index (χ1n) is 10.0. The van der Waals surface area contributed by atoms with Gasteiger partial charge in [0.1, 0.15) is 5.78 Å². The molecule has 4 aliphatic rings. The number of Topliss-reactive ketones (excluding diaryl/α,β-unsaturated/α-hetero) is 1. The van der Waals surface area contributed by atoms with E-state index < -0.39 is 0 Å². The van der Waals surface area contributed by atoms with Crippen LogP contribution in [0, 0.1) is 40.4 Å². The lowest BCUT2D eigenvalue weighted by Crippen LogP contribution is -2.53. The Hall–Kier alpha value is -0.590. The van der Waals surface area contributed by atoms with Gasteiger partial charge in [0.2, 0.25) is 0 Å². The van der Waals surface area contributed by atoms with E-state index in [9.17, 15) is 4.79 Å². The van der Waals surface area contributed by atoms with Crippen LogP contribution in [-0.4, -0.2) is 5.78 Å². The van der Waals surface area contributed by atoms with Crippen LogP contribution in [0.2, 0.25) is 0 Å². The fourth-order valence-corrected chi connectivity index (χ4v) is 7.85. The number of hydrogen-bond acceptors (Lipinski definition) is 1. The molecule has 0 heterocycles. The molecule has 0 aromatic heterocycles. The lowest BCUT2D eigenvalue weighted by atomic mass is 9.44. The van der Waals surface area contributed by atoms with Crippen molar-refractivity contribution in [2.75, 3.05) is 0 Å². The summed E-state index contributed by atoms with van der Waals surface area (Å²) in [5.74, 6) is 4.71. The van der Waals surface area contributed by atoms with Crippen LogP contribution in [0.15, 0.2) is 12.2 Å². The molecule has 0 aromatic carbocycles. The number of carbonyl (C=O) groups excluding carboxylic acids is 1. The van der Waals surface area contributed by atoms with Gasteiger partial charge in [-0.2, -0.15) is 0 Å². The van der Waals surface area contributed by atoms with E-state index >= 15 is 0 Å². The SMILES string of the molecule is C=C(C)[C@H]1CCC2[C@@H]3CC[C@H]4CC(=O)CC[C@]4(C)[C@H]3CC[C@@]21C. The predicted octanol–water partition coefficient (Wildman–Crippen LogP) is 5.79. The Kier molecular flexibility index (Phi) is 3.60. The molecule has 0 amide bonds. The van der Waals surface area contributed by atoms with E-state index in [0.717, 1.165) is 36.5 Å². The van der Waals surface area contributed by atoms with Gasteiger partial charge in [-0.05, 0) is 92.3 Å². The summed E-state index contributed by atoms with van der Waals surface area (Å²) in [4.78, 5) is 12.0. The summed E-state index contributed by atoms with van der Waals surface area (Å²) in [6.45, 7) is 11.7. The highest BCUT2D eigenvalue weighted by atomic mass is 16.1. The van der Waals surface area contributed by atoms with Crippen molar-refractivity contribution in [2.45, 2.75) is 78.6 Å². The molecule has 0 N–H and O–H groups in total. The average Bonchev–Trinajstić information content (AvgIpc) is 2.85. The molecule has 128 valence electrons. The Balaban J connectivity index is 1.63. The molecule has 23 heavy (non-hydrogen) atoms. The minimum atomic E-state index is 0.458. The fourth-order valence-electron chi connectivity index (χ4n) is 7.85. The van der Waals surface area contributed by atoms with Crippen molar-refractivity contribution in [2.24, 2.45) is 40.4 Å². The summed E-state index contributed by atoms with van der Waals surface area (Å²) < 4.78 is 0. The van der Waals surface area contributed by atoms with Crippen LogP contribution >= 0.6 is 0 Å². The van der Waals surface area contributed by atoms with E-state index in [1.165, 1.54) is 50.5 Å². The fraction of sp³-hybridized carbons (Fsp3) is 0.864. The molecule has 0 bridgehead atoms. The van der Waals surface area contributed by atoms with Gasteiger partial charge in [0.15, 0.2) is 0 Å². The van der Waals surface area contributed by atoms with Gasteiger partial charge in [0.05, 0.1) is 0 Å². The van der Waals surface area contributed by atoms with Crippen molar-refractivity contribution in [1.82, 2.24) is 0 Å².